The van der Waals surface area contributed by atoms with Crippen LogP contribution in [0.4, 0.5) is 4.79 Å². The fraction of sp³-hybridized carbons (Fsp3) is 0.300. The summed E-state index contributed by atoms with van der Waals surface area (Å²) in [5.74, 6) is -1.23. The zero-order valence-corrected chi connectivity index (χ0v) is 23.5. The van der Waals surface area contributed by atoms with Gasteiger partial charge in [0.25, 0.3) is 0 Å². The maximum Gasteiger partial charge on any atom is 0.492 e. The van der Waals surface area contributed by atoms with Crippen LogP contribution in [-0.2, 0) is 14.0 Å². The summed E-state index contributed by atoms with van der Waals surface area (Å²) in [6, 6.07) is 17.5. The molecule has 2 aliphatic rings. The van der Waals surface area contributed by atoms with Gasteiger partial charge in [-0.25, -0.2) is 14.6 Å². The molecule has 1 amide bonds. The number of aromatic carboxylic acids is 1. The molecule has 0 unspecified atom stereocenters. The van der Waals surface area contributed by atoms with Gasteiger partial charge < -0.3 is 24.5 Å². The van der Waals surface area contributed by atoms with Crippen molar-refractivity contribution in [3.8, 4) is 11.1 Å². The number of halogens is 1. The number of pyridine rings is 1. The number of hydrogen-bond donors (Lipinski definition) is 2. The number of hydrogen-bond acceptors (Lipinski definition) is 6. The molecule has 10 heteroatoms. The van der Waals surface area contributed by atoms with Crippen molar-refractivity contribution in [2.24, 2.45) is 0 Å². The summed E-state index contributed by atoms with van der Waals surface area (Å²) in [7, 11) is -0.837. The van der Waals surface area contributed by atoms with E-state index in [-0.39, 0.29) is 29.8 Å². The molecule has 206 valence electrons. The molecule has 1 fully saturated rings. The van der Waals surface area contributed by atoms with Crippen molar-refractivity contribution in [1.82, 2.24) is 10.3 Å². The average molecular weight is 561 g/mol. The lowest BCUT2D eigenvalue weighted by molar-refractivity contribution is 0.00578. The zero-order valence-electron chi connectivity index (χ0n) is 22.7. The second-order valence-corrected chi connectivity index (χ2v) is 11.3. The minimum absolute atomic E-state index is 0.00478. The van der Waals surface area contributed by atoms with Gasteiger partial charge in [0.15, 0.2) is 0 Å². The molecule has 1 aliphatic carbocycles. The number of benzene rings is 2. The van der Waals surface area contributed by atoms with Crippen LogP contribution < -0.4 is 5.32 Å². The Bertz CT molecular complexity index is 1440. The SMILES string of the molecule is CC1(C)OB(C(=Cc2cnc(Cl)cc2C(=O)O)CNC(=O)OCC2c3ccccc3-c3ccccc32)OC1(C)C. The lowest BCUT2D eigenvalue weighted by Gasteiger charge is -2.32. The number of carboxylic acids is 1. The molecule has 2 N–H and O–H groups in total. The molecule has 3 aromatic rings. The van der Waals surface area contributed by atoms with Crippen LogP contribution in [0.2, 0.25) is 5.15 Å². The highest BCUT2D eigenvalue weighted by molar-refractivity contribution is 6.56. The summed E-state index contributed by atoms with van der Waals surface area (Å²) in [5.41, 5.74) is 4.00. The van der Waals surface area contributed by atoms with Gasteiger partial charge in [-0.3, -0.25) is 0 Å². The highest BCUT2D eigenvalue weighted by Crippen LogP contribution is 2.44. The maximum absolute atomic E-state index is 12.9. The summed E-state index contributed by atoms with van der Waals surface area (Å²) in [4.78, 5) is 28.8. The molecule has 5 rings (SSSR count). The third kappa shape index (κ3) is 5.37. The van der Waals surface area contributed by atoms with E-state index in [4.69, 9.17) is 25.6 Å². The van der Waals surface area contributed by atoms with Gasteiger partial charge in [-0.1, -0.05) is 66.2 Å². The predicted octanol–water partition coefficient (Wildman–Crippen LogP) is 5.99. The summed E-state index contributed by atoms with van der Waals surface area (Å²) in [6.45, 7) is 7.81. The van der Waals surface area contributed by atoms with Crippen LogP contribution in [0.1, 0.15) is 60.7 Å². The van der Waals surface area contributed by atoms with Crippen LogP contribution in [-0.4, -0.2) is 53.6 Å². The molecule has 8 nitrogen and oxygen atoms in total. The number of fused-ring (bicyclic) bond motifs is 3. The molecule has 1 aromatic heterocycles. The lowest BCUT2D eigenvalue weighted by Crippen LogP contribution is -2.41. The number of alkyl carbamates (subject to hydrolysis) is 1. The summed E-state index contributed by atoms with van der Waals surface area (Å²) in [5, 5.41) is 12.5. The molecule has 0 bridgehead atoms. The fourth-order valence-corrected chi connectivity index (χ4v) is 5.12. The number of nitrogens with zero attached hydrogens (tertiary/aromatic N) is 1. The van der Waals surface area contributed by atoms with Crippen molar-refractivity contribution >= 4 is 36.9 Å². The zero-order chi connectivity index (χ0) is 28.7. The Kier molecular flexibility index (Phi) is 7.48. The smallest absolute Gasteiger partial charge is 0.478 e. The van der Waals surface area contributed by atoms with Crippen LogP contribution in [0.25, 0.3) is 17.2 Å². The fourth-order valence-electron chi connectivity index (χ4n) is 4.96. The molecule has 0 spiro atoms. The number of carboxylic acid groups (broad SMARTS) is 1. The molecular weight excluding hydrogens is 531 g/mol. The first-order chi connectivity index (χ1) is 19.0. The maximum atomic E-state index is 12.9. The Labute approximate surface area is 238 Å². The van der Waals surface area contributed by atoms with E-state index in [1.807, 2.05) is 52.0 Å². The second-order valence-electron chi connectivity index (χ2n) is 10.9. The number of carbonyl (C=O) groups is 2. The number of ether oxygens (including phenoxy) is 1. The van der Waals surface area contributed by atoms with Gasteiger partial charge in [-0.05, 0) is 61.5 Å². The van der Waals surface area contributed by atoms with Crippen LogP contribution in [0.3, 0.4) is 0 Å². The van der Waals surface area contributed by atoms with E-state index in [1.165, 1.54) is 12.3 Å². The van der Waals surface area contributed by atoms with E-state index in [1.54, 1.807) is 6.08 Å². The largest absolute Gasteiger partial charge is 0.492 e. The van der Waals surface area contributed by atoms with Gasteiger partial charge in [0, 0.05) is 24.2 Å². The molecule has 0 atom stereocenters. The van der Waals surface area contributed by atoms with Gasteiger partial charge in [0.1, 0.15) is 11.8 Å². The topological polar surface area (TPSA) is 107 Å². The average Bonchev–Trinajstić information content (AvgIpc) is 3.34. The van der Waals surface area contributed by atoms with E-state index >= 15 is 0 Å². The second kappa shape index (κ2) is 10.7. The van der Waals surface area contributed by atoms with Crippen molar-refractivity contribution in [3.63, 3.8) is 0 Å². The Hall–Kier alpha value is -3.66. The Morgan fingerprint density at radius 3 is 2.20 bits per heavy atom. The first kappa shape index (κ1) is 27.9. The molecule has 0 radical (unpaired) electrons. The number of carbonyl (C=O) groups excluding carboxylic acids is 1. The minimum Gasteiger partial charge on any atom is -0.478 e. The van der Waals surface area contributed by atoms with E-state index < -0.39 is 30.4 Å². The molecule has 2 heterocycles. The van der Waals surface area contributed by atoms with Crippen molar-refractivity contribution in [3.05, 3.63) is 93.7 Å². The Morgan fingerprint density at radius 1 is 1.05 bits per heavy atom. The highest BCUT2D eigenvalue weighted by Gasteiger charge is 2.52. The van der Waals surface area contributed by atoms with E-state index in [0.29, 0.717) is 11.0 Å². The van der Waals surface area contributed by atoms with Gasteiger partial charge in [-0.2, -0.15) is 0 Å². The molecular formula is C30H30BClN2O6. The third-order valence-corrected chi connectivity index (χ3v) is 8.02. The molecule has 2 aromatic carbocycles. The summed E-state index contributed by atoms with van der Waals surface area (Å²) >= 11 is 5.94. The van der Waals surface area contributed by atoms with Crippen molar-refractivity contribution in [1.29, 1.82) is 0 Å². The quantitative estimate of drug-likeness (QED) is 0.270. The molecule has 40 heavy (non-hydrogen) atoms. The van der Waals surface area contributed by atoms with E-state index in [0.717, 1.165) is 22.3 Å². The number of nitrogens with one attached hydrogen (secondary N) is 1. The monoisotopic (exact) mass is 560 g/mol. The summed E-state index contributed by atoms with van der Waals surface area (Å²) < 4.78 is 18.1. The van der Waals surface area contributed by atoms with Crippen molar-refractivity contribution in [2.75, 3.05) is 13.2 Å². The van der Waals surface area contributed by atoms with Gasteiger partial charge >= 0.3 is 19.2 Å². The van der Waals surface area contributed by atoms with Crippen LogP contribution in [0.15, 0.2) is 66.3 Å². The Morgan fingerprint density at radius 2 is 1.62 bits per heavy atom. The first-order valence-corrected chi connectivity index (χ1v) is 13.4. The first-order valence-electron chi connectivity index (χ1n) is 13.0. The standard InChI is InChI=1S/C30H30BClN2O6/c1-29(2)30(3,4)40-31(39-29)19(13-18-15-33-26(32)14-24(18)27(35)36)16-34-28(37)38-17-25-22-11-7-5-9-20(22)21-10-6-8-12-23(21)25/h5-15,25H,16-17H2,1-4H3,(H,34,37)(H,35,36). The number of amides is 1. The summed E-state index contributed by atoms with van der Waals surface area (Å²) in [6.07, 6.45) is 2.35. The number of aromatic nitrogens is 1. The Balaban J connectivity index is 1.34. The van der Waals surface area contributed by atoms with E-state index in [9.17, 15) is 14.7 Å². The van der Waals surface area contributed by atoms with E-state index in [2.05, 4.69) is 34.6 Å². The number of rotatable bonds is 7. The molecule has 1 saturated heterocycles. The van der Waals surface area contributed by atoms with Crippen molar-refractivity contribution < 1.29 is 28.7 Å². The van der Waals surface area contributed by atoms with Gasteiger partial charge in [-0.15, -0.1) is 0 Å². The lowest BCUT2D eigenvalue weighted by atomic mass is 9.76. The highest BCUT2D eigenvalue weighted by atomic mass is 35.5. The van der Waals surface area contributed by atoms with Crippen LogP contribution in [0.5, 0.6) is 0 Å². The normalized spacial score (nSPS) is 17.3. The van der Waals surface area contributed by atoms with Gasteiger partial charge in [0.2, 0.25) is 0 Å². The van der Waals surface area contributed by atoms with Crippen molar-refractivity contribution in [2.45, 2.75) is 44.8 Å². The molecule has 1 aliphatic heterocycles. The van der Waals surface area contributed by atoms with Gasteiger partial charge in [0.05, 0.1) is 16.8 Å². The van der Waals surface area contributed by atoms with Crippen LogP contribution >= 0.6 is 11.6 Å². The minimum atomic E-state index is -1.16. The predicted molar refractivity (Wildman–Crippen MR) is 153 cm³/mol. The molecule has 0 saturated carbocycles. The third-order valence-electron chi connectivity index (χ3n) is 7.81. The van der Waals surface area contributed by atoms with Crippen LogP contribution in [0, 0.1) is 0 Å².